The van der Waals surface area contributed by atoms with E-state index < -0.39 is 17.8 Å². The Morgan fingerprint density at radius 3 is 2.71 bits per heavy atom. The molecule has 0 bridgehead atoms. The van der Waals surface area contributed by atoms with Crippen molar-refractivity contribution in [1.82, 2.24) is 0 Å². The molecular weight excluding hydrogens is 283 g/mol. The van der Waals surface area contributed by atoms with Crippen LogP contribution in [0, 0.1) is 12.8 Å². The summed E-state index contributed by atoms with van der Waals surface area (Å²) in [6.07, 6.45) is -2.75. The molecule has 1 aliphatic rings. The first-order valence-electron chi connectivity index (χ1n) is 7.04. The maximum atomic E-state index is 12.8. The first-order valence-corrected chi connectivity index (χ1v) is 7.04. The molecule has 0 aliphatic heterocycles. The molecule has 118 valence electrons. The summed E-state index contributed by atoms with van der Waals surface area (Å²) >= 11 is 0. The van der Waals surface area contributed by atoms with Crippen molar-refractivity contribution in [2.75, 3.05) is 25.1 Å². The fourth-order valence-electron chi connectivity index (χ4n) is 1.99. The van der Waals surface area contributed by atoms with Crippen LogP contribution in [0.1, 0.15) is 24.0 Å². The molecule has 1 aliphatic carbocycles. The maximum absolute atomic E-state index is 12.8. The van der Waals surface area contributed by atoms with Gasteiger partial charge < -0.3 is 15.2 Å². The van der Waals surface area contributed by atoms with Gasteiger partial charge in [0.15, 0.2) is 0 Å². The number of aliphatic hydroxyl groups is 1. The third-order valence-electron chi connectivity index (χ3n) is 3.45. The molecule has 0 spiro atoms. The summed E-state index contributed by atoms with van der Waals surface area (Å²) in [5.74, 6) is 0.622. The first-order chi connectivity index (χ1) is 9.86. The minimum atomic E-state index is -4.37. The molecule has 1 saturated carbocycles. The van der Waals surface area contributed by atoms with Gasteiger partial charge in [0.25, 0.3) is 0 Å². The smallest absolute Gasteiger partial charge is 0.389 e. The SMILES string of the molecule is Cc1ccc(NCC(O)COCC2CC2)cc1C(F)(F)F. The largest absolute Gasteiger partial charge is 0.416 e. The number of benzene rings is 1. The van der Waals surface area contributed by atoms with Gasteiger partial charge in [-0.2, -0.15) is 13.2 Å². The van der Waals surface area contributed by atoms with Crippen LogP contribution in [0.4, 0.5) is 18.9 Å². The normalized spacial score (nSPS) is 16.8. The van der Waals surface area contributed by atoms with Crippen molar-refractivity contribution >= 4 is 5.69 Å². The Bertz CT molecular complexity index is 472. The molecular formula is C15H20F3NO2. The van der Waals surface area contributed by atoms with Crippen LogP contribution in [0.3, 0.4) is 0 Å². The number of hydrogen-bond donors (Lipinski definition) is 2. The van der Waals surface area contributed by atoms with Gasteiger partial charge in [-0.3, -0.25) is 0 Å². The van der Waals surface area contributed by atoms with E-state index in [1.165, 1.54) is 25.8 Å². The molecule has 0 radical (unpaired) electrons. The second-order valence-electron chi connectivity index (χ2n) is 5.54. The standard InChI is InChI=1S/C15H20F3NO2/c1-10-2-5-12(6-14(10)15(16,17)18)19-7-13(20)9-21-8-11-3-4-11/h2,5-6,11,13,19-20H,3-4,7-9H2,1H3. The summed E-state index contributed by atoms with van der Waals surface area (Å²) in [6, 6.07) is 4.05. The Kier molecular flexibility index (Phi) is 5.11. The lowest BCUT2D eigenvalue weighted by Crippen LogP contribution is -2.25. The van der Waals surface area contributed by atoms with Crippen molar-refractivity contribution in [2.45, 2.75) is 32.0 Å². The van der Waals surface area contributed by atoms with Crippen LogP contribution in [-0.4, -0.2) is 31.0 Å². The fraction of sp³-hybridized carbons (Fsp3) is 0.600. The average Bonchev–Trinajstić information content (AvgIpc) is 3.20. The molecule has 0 amide bonds. The molecule has 1 aromatic carbocycles. The maximum Gasteiger partial charge on any atom is 0.416 e. The Morgan fingerprint density at radius 2 is 2.10 bits per heavy atom. The van der Waals surface area contributed by atoms with Crippen molar-refractivity contribution < 1.29 is 23.0 Å². The predicted molar refractivity (Wildman–Crippen MR) is 74.2 cm³/mol. The number of anilines is 1. The summed E-state index contributed by atoms with van der Waals surface area (Å²) < 4.78 is 43.7. The quantitative estimate of drug-likeness (QED) is 0.812. The highest BCUT2D eigenvalue weighted by Crippen LogP contribution is 2.33. The number of hydrogen-bond acceptors (Lipinski definition) is 3. The number of aryl methyl sites for hydroxylation is 1. The molecule has 0 saturated heterocycles. The van der Waals surface area contributed by atoms with E-state index in [0.717, 1.165) is 6.07 Å². The minimum absolute atomic E-state index is 0.158. The van der Waals surface area contributed by atoms with Crippen LogP contribution in [0.2, 0.25) is 0 Å². The van der Waals surface area contributed by atoms with Crippen molar-refractivity contribution in [1.29, 1.82) is 0 Å². The van der Waals surface area contributed by atoms with Gasteiger partial charge in [-0.15, -0.1) is 0 Å². The third-order valence-corrected chi connectivity index (χ3v) is 3.45. The van der Waals surface area contributed by atoms with Crippen molar-refractivity contribution in [3.8, 4) is 0 Å². The molecule has 1 unspecified atom stereocenters. The first kappa shape index (κ1) is 16.1. The van der Waals surface area contributed by atoms with Gasteiger partial charge in [0.05, 0.1) is 18.3 Å². The van der Waals surface area contributed by atoms with E-state index in [9.17, 15) is 18.3 Å². The molecule has 6 heteroatoms. The lowest BCUT2D eigenvalue weighted by molar-refractivity contribution is -0.138. The van der Waals surface area contributed by atoms with Crippen molar-refractivity contribution in [2.24, 2.45) is 5.92 Å². The summed E-state index contributed by atoms with van der Waals surface area (Å²) in [7, 11) is 0. The molecule has 21 heavy (non-hydrogen) atoms. The fourth-order valence-corrected chi connectivity index (χ4v) is 1.99. The van der Waals surface area contributed by atoms with Crippen LogP contribution < -0.4 is 5.32 Å². The van der Waals surface area contributed by atoms with E-state index in [1.54, 1.807) is 6.07 Å². The Morgan fingerprint density at radius 1 is 1.38 bits per heavy atom. The molecule has 1 aromatic rings. The van der Waals surface area contributed by atoms with Crippen LogP contribution >= 0.6 is 0 Å². The van der Waals surface area contributed by atoms with E-state index in [-0.39, 0.29) is 18.7 Å². The molecule has 1 fully saturated rings. The molecule has 2 N–H and O–H groups in total. The molecule has 0 heterocycles. The second kappa shape index (κ2) is 6.66. The van der Waals surface area contributed by atoms with Gasteiger partial charge in [-0.25, -0.2) is 0 Å². The highest BCUT2D eigenvalue weighted by Gasteiger charge is 2.32. The number of halogens is 3. The zero-order valence-corrected chi connectivity index (χ0v) is 11.9. The molecule has 0 aromatic heterocycles. The van der Waals surface area contributed by atoms with E-state index >= 15 is 0 Å². The van der Waals surface area contributed by atoms with E-state index in [4.69, 9.17) is 4.74 Å². The zero-order chi connectivity index (χ0) is 15.5. The van der Waals surface area contributed by atoms with Crippen molar-refractivity contribution in [3.05, 3.63) is 29.3 Å². The highest BCUT2D eigenvalue weighted by molar-refractivity contribution is 5.49. The number of aliphatic hydroxyl groups excluding tert-OH is 1. The van der Waals surface area contributed by atoms with Gasteiger partial charge >= 0.3 is 6.18 Å². The average molecular weight is 303 g/mol. The lowest BCUT2D eigenvalue weighted by Gasteiger charge is -2.16. The molecule has 1 atom stereocenters. The van der Waals surface area contributed by atoms with Crippen LogP contribution in [-0.2, 0) is 10.9 Å². The highest BCUT2D eigenvalue weighted by atomic mass is 19.4. The van der Waals surface area contributed by atoms with Crippen molar-refractivity contribution in [3.63, 3.8) is 0 Å². The van der Waals surface area contributed by atoms with E-state index in [0.29, 0.717) is 18.2 Å². The summed E-state index contributed by atoms with van der Waals surface area (Å²) in [5, 5.41) is 12.5. The Labute approximate surface area is 122 Å². The topological polar surface area (TPSA) is 41.5 Å². The Hall–Kier alpha value is -1.27. The van der Waals surface area contributed by atoms with Gasteiger partial charge in [0, 0.05) is 18.8 Å². The van der Waals surface area contributed by atoms with Gasteiger partial charge in [0.2, 0.25) is 0 Å². The van der Waals surface area contributed by atoms with Gasteiger partial charge in [-0.05, 0) is 43.4 Å². The minimum Gasteiger partial charge on any atom is -0.389 e. The van der Waals surface area contributed by atoms with Gasteiger partial charge in [0.1, 0.15) is 0 Å². The lowest BCUT2D eigenvalue weighted by atomic mass is 10.1. The number of rotatable bonds is 7. The number of alkyl halides is 3. The van der Waals surface area contributed by atoms with Crippen LogP contribution in [0.15, 0.2) is 18.2 Å². The van der Waals surface area contributed by atoms with Crippen LogP contribution in [0.25, 0.3) is 0 Å². The second-order valence-corrected chi connectivity index (χ2v) is 5.54. The molecule has 3 nitrogen and oxygen atoms in total. The van der Waals surface area contributed by atoms with E-state index in [1.807, 2.05) is 0 Å². The van der Waals surface area contributed by atoms with E-state index in [2.05, 4.69) is 5.32 Å². The van der Waals surface area contributed by atoms with Gasteiger partial charge in [-0.1, -0.05) is 6.07 Å². The van der Waals surface area contributed by atoms with Crippen LogP contribution in [0.5, 0.6) is 0 Å². The predicted octanol–water partition coefficient (Wildman–Crippen LogP) is 3.21. The third kappa shape index (κ3) is 5.21. The summed E-state index contributed by atoms with van der Waals surface area (Å²) in [6.45, 7) is 2.43. The number of nitrogens with one attached hydrogen (secondary N) is 1. The monoisotopic (exact) mass is 303 g/mol. The molecule has 2 rings (SSSR count). The zero-order valence-electron chi connectivity index (χ0n) is 11.9. The number of ether oxygens (including phenoxy) is 1. The Balaban J connectivity index is 1.81. The summed E-state index contributed by atoms with van der Waals surface area (Å²) in [5.41, 5.74) is -0.137. The summed E-state index contributed by atoms with van der Waals surface area (Å²) in [4.78, 5) is 0.